The van der Waals surface area contributed by atoms with Crippen LogP contribution >= 0.6 is 0 Å². The van der Waals surface area contributed by atoms with E-state index in [1.807, 2.05) is 188 Å². The zero-order chi connectivity index (χ0) is 34.6. The molecule has 51 heavy (non-hydrogen) atoms. The van der Waals surface area contributed by atoms with E-state index in [1.54, 1.807) is 4.90 Å². The van der Waals surface area contributed by atoms with E-state index >= 15 is 14.4 Å². The van der Waals surface area contributed by atoms with Gasteiger partial charge in [-0.15, -0.1) is 0 Å². The summed E-state index contributed by atoms with van der Waals surface area (Å²) in [5.41, 5.74) is 1.43. The molecule has 0 aliphatic carbocycles. The summed E-state index contributed by atoms with van der Waals surface area (Å²) in [4.78, 5) is 50.1. The summed E-state index contributed by atoms with van der Waals surface area (Å²) < 4.78 is 0. The van der Waals surface area contributed by atoms with Gasteiger partial charge in [0.1, 0.15) is 5.41 Å². The van der Waals surface area contributed by atoms with Gasteiger partial charge in [0.25, 0.3) is 5.91 Å². The fraction of sp³-hybridized carbons (Fsp3) is 0.0652. The second kappa shape index (κ2) is 11.8. The van der Waals surface area contributed by atoms with E-state index in [1.165, 1.54) is 4.90 Å². The minimum absolute atomic E-state index is 0.239. The minimum atomic E-state index is -1.65. The number of anilines is 2. The van der Waals surface area contributed by atoms with Crippen molar-refractivity contribution < 1.29 is 14.4 Å². The summed E-state index contributed by atoms with van der Waals surface area (Å²) in [6, 6.07) is 59.4. The number of carbonyl (C=O) groups is 3. The van der Waals surface area contributed by atoms with Gasteiger partial charge in [-0.05, 0) is 39.8 Å². The van der Waals surface area contributed by atoms with Crippen LogP contribution in [0.2, 0.25) is 0 Å². The van der Waals surface area contributed by atoms with Gasteiger partial charge in [0, 0.05) is 10.9 Å². The highest BCUT2D eigenvalue weighted by Gasteiger charge is 2.81. The molecule has 0 saturated carbocycles. The molecule has 0 aromatic heterocycles. The predicted molar refractivity (Wildman–Crippen MR) is 200 cm³/mol. The van der Waals surface area contributed by atoms with Gasteiger partial charge in [0.05, 0.1) is 17.3 Å². The van der Waals surface area contributed by atoms with Gasteiger partial charge in [-0.1, -0.05) is 176 Å². The zero-order valence-corrected chi connectivity index (χ0v) is 27.6. The topological polar surface area (TPSA) is 57.7 Å². The standard InChI is InChI=1S/C46H32N2O3/c49-42(41(33-19-5-1-6-20-33)34-21-7-2-8-22-34)47-40-30-16-15-29-38(40)46(44(47)51)45(35-24-9-3-10-25-35,36-26-11-4-12-27-36)43(50)48(46)39-31-17-23-32-18-13-14-28-37(32)39/h1-31,41H. The lowest BCUT2D eigenvalue weighted by Crippen LogP contribution is -2.82. The van der Waals surface area contributed by atoms with Crippen molar-refractivity contribution in [2.45, 2.75) is 16.9 Å². The molecule has 2 heterocycles. The van der Waals surface area contributed by atoms with Crippen LogP contribution in [0.3, 0.4) is 0 Å². The molecule has 2 aliphatic rings. The van der Waals surface area contributed by atoms with Crippen LogP contribution in [0.4, 0.5) is 11.4 Å². The van der Waals surface area contributed by atoms with Gasteiger partial charge < -0.3 is 0 Å². The van der Waals surface area contributed by atoms with Gasteiger partial charge in [-0.2, -0.15) is 0 Å². The molecule has 244 valence electrons. The van der Waals surface area contributed by atoms with Crippen LogP contribution in [-0.4, -0.2) is 17.7 Å². The fourth-order valence-electron chi connectivity index (χ4n) is 8.55. The third kappa shape index (κ3) is 4.12. The van der Waals surface area contributed by atoms with Gasteiger partial charge in [0.15, 0.2) is 5.54 Å². The summed E-state index contributed by atoms with van der Waals surface area (Å²) in [7, 11) is 0. The van der Waals surface area contributed by atoms with Gasteiger partial charge in [-0.25, -0.2) is 4.90 Å². The van der Waals surface area contributed by atoms with Crippen molar-refractivity contribution in [2.75, 3.05) is 9.80 Å². The minimum Gasteiger partial charge on any atom is -0.289 e. The molecular weight excluding hydrogens is 629 g/mol. The first kappa shape index (κ1) is 30.5. The Labute approximate surface area is 296 Å². The lowest BCUT2D eigenvalue weighted by atomic mass is 9.51. The molecule has 3 amide bonds. The largest absolute Gasteiger partial charge is 0.289 e. The molecule has 1 fully saturated rings. The summed E-state index contributed by atoms with van der Waals surface area (Å²) in [5.74, 6) is -1.86. The normalized spacial score (nSPS) is 17.5. The average Bonchev–Trinajstić information content (AvgIpc) is 3.46. The fourth-order valence-corrected chi connectivity index (χ4v) is 8.55. The number of amides is 3. The number of fused-ring (bicyclic) bond motifs is 3. The Morgan fingerprint density at radius 2 is 0.941 bits per heavy atom. The van der Waals surface area contributed by atoms with Gasteiger partial charge in [-0.3, -0.25) is 19.3 Å². The number of hydrogen-bond donors (Lipinski definition) is 0. The highest BCUT2D eigenvalue weighted by atomic mass is 16.2. The summed E-state index contributed by atoms with van der Waals surface area (Å²) >= 11 is 0. The third-order valence-corrected chi connectivity index (χ3v) is 10.6. The van der Waals surface area contributed by atoms with Crippen molar-refractivity contribution in [3.63, 3.8) is 0 Å². The molecule has 9 rings (SSSR count). The van der Waals surface area contributed by atoms with Crippen LogP contribution < -0.4 is 9.80 Å². The summed E-state index contributed by atoms with van der Waals surface area (Å²) in [5, 5.41) is 1.78. The number of imide groups is 1. The number of hydrogen-bond acceptors (Lipinski definition) is 3. The van der Waals surface area contributed by atoms with E-state index in [9.17, 15) is 0 Å². The Morgan fingerprint density at radius 1 is 0.471 bits per heavy atom. The van der Waals surface area contributed by atoms with E-state index in [4.69, 9.17) is 0 Å². The van der Waals surface area contributed by atoms with E-state index in [0.29, 0.717) is 28.1 Å². The molecule has 7 aromatic carbocycles. The Balaban J connectivity index is 1.36. The number of nitrogens with zero attached hydrogens (tertiary/aromatic N) is 2. The molecule has 5 nitrogen and oxygen atoms in total. The Hall–Kier alpha value is -6.59. The molecule has 1 unspecified atom stereocenters. The quantitative estimate of drug-likeness (QED) is 0.168. The average molecular weight is 661 g/mol. The zero-order valence-electron chi connectivity index (χ0n) is 27.6. The molecule has 2 aliphatic heterocycles. The van der Waals surface area contributed by atoms with Crippen LogP contribution in [0, 0.1) is 0 Å². The molecule has 5 heteroatoms. The van der Waals surface area contributed by atoms with E-state index < -0.39 is 22.8 Å². The maximum absolute atomic E-state index is 16.1. The van der Waals surface area contributed by atoms with Crippen LogP contribution in [0.15, 0.2) is 188 Å². The molecule has 0 N–H and O–H groups in total. The Morgan fingerprint density at radius 3 is 1.55 bits per heavy atom. The second-order valence-electron chi connectivity index (χ2n) is 13.1. The van der Waals surface area contributed by atoms with Crippen LogP contribution in [0.25, 0.3) is 10.8 Å². The smallest absolute Gasteiger partial charge is 0.266 e. The lowest BCUT2D eigenvalue weighted by Gasteiger charge is -2.62. The van der Waals surface area contributed by atoms with Crippen molar-refractivity contribution in [3.8, 4) is 0 Å². The maximum atomic E-state index is 16.1. The van der Waals surface area contributed by atoms with Crippen molar-refractivity contribution in [1.82, 2.24) is 0 Å². The number of β-lactam (4-membered cyclic amide) rings is 1. The first-order valence-electron chi connectivity index (χ1n) is 17.1. The number of carbonyl (C=O) groups excluding carboxylic acids is 3. The van der Waals surface area contributed by atoms with Crippen LogP contribution in [0.1, 0.15) is 33.7 Å². The number of benzene rings is 7. The molecule has 1 atom stereocenters. The summed E-state index contributed by atoms with van der Waals surface area (Å²) in [6.45, 7) is 0. The predicted octanol–water partition coefficient (Wildman–Crippen LogP) is 8.77. The van der Waals surface area contributed by atoms with Crippen LogP contribution in [-0.2, 0) is 25.3 Å². The molecule has 7 aromatic rings. The maximum Gasteiger partial charge on any atom is 0.266 e. The van der Waals surface area contributed by atoms with E-state index in [2.05, 4.69) is 0 Å². The van der Waals surface area contributed by atoms with Gasteiger partial charge in [0.2, 0.25) is 11.8 Å². The second-order valence-corrected chi connectivity index (χ2v) is 13.1. The lowest BCUT2D eigenvalue weighted by molar-refractivity contribution is -0.147. The molecular formula is C46H32N2O3. The first-order chi connectivity index (χ1) is 25.1. The molecule has 0 radical (unpaired) electrons. The van der Waals surface area contributed by atoms with Crippen molar-refractivity contribution in [3.05, 3.63) is 216 Å². The summed E-state index contributed by atoms with van der Waals surface area (Å²) in [6.07, 6.45) is 0. The van der Waals surface area contributed by atoms with Gasteiger partial charge >= 0.3 is 0 Å². The van der Waals surface area contributed by atoms with E-state index in [0.717, 1.165) is 21.9 Å². The van der Waals surface area contributed by atoms with Crippen LogP contribution in [0.5, 0.6) is 0 Å². The van der Waals surface area contributed by atoms with E-state index in [-0.39, 0.29) is 11.8 Å². The van der Waals surface area contributed by atoms with Crippen molar-refractivity contribution >= 4 is 39.9 Å². The van der Waals surface area contributed by atoms with Crippen molar-refractivity contribution in [2.24, 2.45) is 0 Å². The molecule has 1 spiro atoms. The Kier molecular flexibility index (Phi) is 7.04. The Bertz CT molecular complexity index is 2360. The SMILES string of the molecule is O=C(C(c1ccccc1)c1ccccc1)N1C(=O)C2(c3ccccc31)N(c1cccc3ccccc13)C(=O)C2(c1ccccc1)c1ccccc1. The van der Waals surface area contributed by atoms with Crippen molar-refractivity contribution in [1.29, 1.82) is 0 Å². The third-order valence-electron chi connectivity index (χ3n) is 10.6. The number of para-hydroxylation sites is 1. The molecule has 0 bridgehead atoms. The number of rotatable bonds is 6. The first-order valence-corrected chi connectivity index (χ1v) is 17.1. The monoisotopic (exact) mass is 660 g/mol. The highest BCUT2D eigenvalue weighted by molar-refractivity contribution is 6.35. The molecule has 1 saturated heterocycles. The highest BCUT2D eigenvalue weighted by Crippen LogP contribution is 2.66.